The highest BCUT2D eigenvalue weighted by atomic mass is 35.5. The summed E-state index contributed by atoms with van der Waals surface area (Å²) in [7, 11) is 0. The molecule has 7 heteroatoms. The van der Waals surface area contributed by atoms with Crippen LogP contribution in [-0.2, 0) is 24.2 Å². The average Bonchev–Trinajstić information content (AvgIpc) is 3.00. The number of thioether (sulfide) groups is 1. The number of aromatic nitrogens is 2. The van der Waals surface area contributed by atoms with Crippen LogP contribution in [0.4, 0.5) is 4.39 Å². The molecular weight excluding hydrogens is 483 g/mol. The first-order valence-corrected chi connectivity index (χ1v) is 13.0. The number of pyridine rings is 2. The molecule has 1 unspecified atom stereocenters. The van der Waals surface area contributed by atoms with Crippen LogP contribution in [-0.4, -0.2) is 21.5 Å². The van der Waals surface area contributed by atoms with Crippen LogP contribution in [0.2, 0.25) is 5.02 Å². The molecule has 0 saturated heterocycles. The van der Waals surface area contributed by atoms with Crippen LogP contribution < -0.4 is 4.74 Å². The molecule has 178 valence electrons. The molecule has 0 aliphatic heterocycles. The van der Waals surface area contributed by atoms with Gasteiger partial charge in [0, 0.05) is 29.5 Å². The zero-order valence-corrected chi connectivity index (χ0v) is 20.8. The molecule has 0 saturated carbocycles. The standard InChI is InChI=1S/C28H24ClFN2O2S/c1-17(33)10-12-35-28-22-3-2-11-31-26(22)9-6-18-5-8-21(14-23(18)28)34-16-20-7-4-19-13-25(30)24(29)15-27(19)32-20/h2-5,7-8,11,13-15,28H,6,9-10,12,16H2,1H3. The molecule has 0 amide bonds. The van der Waals surface area contributed by atoms with E-state index < -0.39 is 5.82 Å². The minimum Gasteiger partial charge on any atom is -0.487 e. The number of carbonyl (C=O) groups excluding carboxylic acids is 1. The topological polar surface area (TPSA) is 52.1 Å². The zero-order chi connectivity index (χ0) is 24.4. The molecule has 0 spiro atoms. The van der Waals surface area contributed by atoms with E-state index in [1.165, 1.54) is 28.8 Å². The van der Waals surface area contributed by atoms with Gasteiger partial charge in [-0.3, -0.25) is 9.78 Å². The van der Waals surface area contributed by atoms with Crippen molar-refractivity contribution in [1.29, 1.82) is 0 Å². The highest BCUT2D eigenvalue weighted by Crippen LogP contribution is 2.42. The number of fused-ring (bicyclic) bond motifs is 3. The Morgan fingerprint density at radius 1 is 1.14 bits per heavy atom. The lowest BCUT2D eigenvalue weighted by Gasteiger charge is -2.20. The van der Waals surface area contributed by atoms with Crippen LogP contribution in [0.3, 0.4) is 0 Å². The molecule has 4 aromatic rings. The van der Waals surface area contributed by atoms with Crippen molar-refractivity contribution in [2.24, 2.45) is 0 Å². The van der Waals surface area contributed by atoms with E-state index in [2.05, 4.69) is 28.2 Å². The van der Waals surface area contributed by atoms with Gasteiger partial charge in [0.05, 0.1) is 21.5 Å². The van der Waals surface area contributed by atoms with Gasteiger partial charge in [0.2, 0.25) is 0 Å². The fourth-order valence-corrected chi connectivity index (χ4v) is 5.94. The Bertz CT molecular complexity index is 1410. The van der Waals surface area contributed by atoms with Crippen molar-refractivity contribution < 1.29 is 13.9 Å². The number of rotatable bonds is 7. The predicted molar refractivity (Wildman–Crippen MR) is 139 cm³/mol. The van der Waals surface area contributed by atoms with E-state index in [0.29, 0.717) is 17.3 Å². The van der Waals surface area contributed by atoms with Crippen molar-refractivity contribution >= 4 is 40.0 Å². The molecule has 0 radical (unpaired) electrons. The Morgan fingerprint density at radius 2 is 2.03 bits per heavy atom. The van der Waals surface area contributed by atoms with E-state index in [9.17, 15) is 9.18 Å². The molecule has 1 atom stereocenters. The van der Waals surface area contributed by atoms with Gasteiger partial charge in [-0.1, -0.05) is 29.8 Å². The van der Waals surface area contributed by atoms with Gasteiger partial charge in [-0.05, 0) is 72.9 Å². The Balaban J connectivity index is 1.40. The van der Waals surface area contributed by atoms with Gasteiger partial charge in [-0.25, -0.2) is 9.37 Å². The number of aryl methyl sites for hydroxylation is 2. The molecule has 1 aliphatic rings. The Kier molecular flexibility index (Phi) is 7.02. The van der Waals surface area contributed by atoms with E-state index in [-0.39, 0.29) is 22.7 Å². The maximum atomic E-state index is 13.7. The molecule has 4 nitrogen and oxygen atoms in total. The largest absolute Gasteiger partial charge is 0.487 e. The summed E-state index contributed by atoms with van der Waals surface area (Å²) in [5.41, 5.74) is 6.16. The van der Waals surface area contributed by atoms with E-state index in [1.807, 2.05) is 30.5 Å². The molecule has 5 rings (SSSR count). The second-order valence-corrected chi connectivity index (χ2v) is 10.3. The summed E-state index contributed by atoms with van der Waals surface area (Å²) in [5, 5.41) is 0.838. The second-order valence-electron chi connectivity index (χ2n) is 8.65. The smallest absolute Gasteiger partial charge is 0.142 e. The van der Waals surface area contributed by atoms with Crippen molar-refractivity contribution in [1.82, 2.24) is 9.97 Å². The third-order valence-corrected chi connectivity index (χ3v) is 7.72. The van der Waals surface area contributed by atoms with Crippen LogP contribution >= 0.6 is 23.4 Å². The highest BCUT2D eigenvalue weighted by molar-refractivity contribution is 7.99. The number of Topliss-reactive ketones (excluding diaryl/α,β-unsaturated/α-hetero) is 1. The second kappa shape index (κ2) is 10.3. The van der Waals surface area contributed by atoms with E-state index in [0.717, 1.165) is 35.7 Å². The van der Waals surface area contributed by atoms with Crippen molar-refractivity contribution in [3.8, 4) is 5.75 Å². The summed E-state index contributed by atoms with van der Waals surface area (Å²) < 4.78 is 19.9. The van der Waals surface area contributed by atoms with Gasteiger partial charge in [-0.2, -0.15) is 0 Å². The van der Waals surface area contributed by atoms with E-state index >= 15 is 0 Å². The lowest BCUT2D eigenvalue weighted by atomic mass is 10.0. The first kappa shape index (κ1) is 23.8. The third-order valence-electron chi connectivity index (χ3n) is 6.15. The average molecular weight is 507 g/mol. The molecule has 2 heterocycles. The van der Waals surface area contributed by atoms with Gasteiger partial charge in [0.1, 0.15) is 24.0 Å². The molecule has 0 bridgehead atoms. The number of ether oxygens (including phenoxy) is 1. The highest BCUT2D eigenvalue weighted by Gasteiger charge is 2.25. The van der Waals surface area contributed by atoms with Crippen molar-refractivity contribution in [3.63, 3.8) is 0 Å². The van der Waals surface area contributed by atoms with Gasteiger partial charge < -0.3 is 4.74 Å². The van der Waals surface area contributed by atoms with Gasteiger partial charge in [0.25, 0.3) is 0 Å². The molecular formula is C28H24ClFN2O2S. The number of hydrogen-bond donors (Lipinski definition) is 0. The first-order valence-electron chi connectivity index (χ1n) is 11.5. The first-order chi connectivity index (χ1) is 17.0. The van der Waals surface area contributed by atoms with Crippen LogP contribution in [0.5, 0.6) is 5.75 Å². The number of benzene rings is 2. The molecule has 0 N–H and O–H groups in total. The fourth-order valence-electron chi connectivity index (χ4n) is 4.35. The summed E-state index contributed by atoms with van der Waals surface area (Å²) in [5.74, 6) is 1.25. The summed E-state index contributed by atoms with van der Waals surface area (Å²) in [4.78, 5) is 20.8. The molecule has 0 fully saturated rings. The normalized spacial score (nSPS) is 14.8. The Labute approximate surface area is 212 Å². The number of halogens is 2. The van der Waals surface area contributed by atoms with Crippen LogP contribution in [0, 0.1) is 5.82 Å². The van der Waals surface area contributed by atoms with E-state index in [1.54, 1.807) is 18.7 Å². The SMILES string of the molecule is CC(=O)CCSC1c2cc(OCc3ccc4cc(F)c(Cl)cc4n3)ccc2CCc2ncccc21. The molecule has 2 aromatic heterocycles. The minimum atomic E-state index is -0.456. The molecule has 2 aromatic carbocycles. The Hall–Kier alpha value is -2.96. The molecule has 1 aliphatic carbocycles. The number of nitrogens with zero attached hydrogens (tertiary/aromatic N) is 2. The minimum absolute atomic E-state index is 0.0527. The van der Waals surface area contributed by atoms with Crippen molar-refractivity contribution in [3.05, 3.63) is 99.7 Å². The number of carbonyl (C=O) groups is 1. The number of hydrogen-bond acceptors (Lipinski definition) is 5. The molecule has 35 heavy (non-hydrogen) atoms. The van der Waals surface area contributed by atoms with Gasteiger partial charge in [-0.15, -0.1) is 11.8 Å². The zero-order valence-electron chi connectivity index (χ0n) is 19.3. The van der Waals surface area contributed by atoms with Crippen molar-refractivity contribution in [2.45, 2.75) is 38.0 Å². The summed E-state index contributed by atoms with van der Waals surface area (Å²) in [6.45, 7) is 1.92. The summed E-state index contributed by atoms with van der Waals surface area (Å²) >= 11 is 7.70. The Morgan fingerprint density at radius 3 is 2.89 bits per heavy atom. The lowest BCUT2D eigenvalue weighted by Crippen LogP contribution is -2.05. The summed E-state index contributed by atoms with van der Waals surface area (Å²) in [6, 6.07) is 16.9. The van der Waals surface area contributed by atoms with Crippen molar-refractivity contribution in [2.75, 3.05) is 5.75 Å². The van der Waals surface area contributed by atoms with Gasteiger partial charge >= 0.3 is 0 Å². The fraction of sp³-hybridized carbons (Fsp3) is 0.250. The van der Waals surface area contributed by atoms with E-state index in [4.69, 9.17) is 16.3 Å². The van der Waals surface area contributed by atoms with Crippen LogP contribution in [0.1, 0.15) is 46.7 Å². The monoisotopic (exact) mass is 506 g/mol. The maximum absolute atomic E-state index is 13.7. The number of ketones is 1. The van der Waals surface area contributed by atoms with Crippen LogP contribution in [0.15, 0.2) is 60.8 Å². The quantitative estimate of drug-likeness (QED) is 0.273. The predicted octanol–water partition coefficient (Wildman–Crippen LogP) is 6.90. The van der Waals surface area contributed by atoms with Crippen LogP contribution in [0.25, 0.3) is 10.9 Å². The summed E-state index contributed by atoms with van der Waals surface area (Å²) in [6.07, 6.45) is 4.19. The third kappa shape index (κ3) is 5.34. The lowest BCUT2D eigenvalue weighted by molar-refractivity contribution is -0.116. The maximum Gasteiger partial charge on any atom is 0.142 e. The van der Waals surface area contributed by atoms with Gasteiger partial charge in [0.15, 0.2) is 0 Å².